The molecule has 0 bridgehead atoms. The van der Waals surface area contributed by atoms with Crippen molar-refractivity contribution in [2.45, 2.75) is 20.0 Å². The molecule has 0 radical (unpaired) electrons. The zero-order valence-electron chi connectivity index (χ0n) is 12.2. The van der Waals surface area contributed by atoms with Gasteiger partial charge in [0.2, 0.25) is 5.91 Å². The Labute approximate surface area is 145 Å². The van der Waals surface area contributed by atoms with Crippen LogP contribution in [0.1, 0.15) is 12.5 Å². The maximum absolute atomic E-state index is 12.2. The molecule has 0 aliphatic rings. The number of nitrogens with zero attached hydrogens (tertiary/aromatic N) is 3. The van der Waals surface area contributed by atoms with Crippen molar-refractivity contribution in [1.82, 2.24) is 9.13 Å². The van der Waals surface area contributed by atoms with Crippen LogP contribution >= 0.6 is 22.6 Å². The molecule has 2 aromatic rings. The second-order valence-electron chi connectivity index (χ2n) is 4.67. The third kappa shape index (κ3) is 3.87. The molecule has 0 saturated heterocycles. The number of carbonyl (C=O) groups is 1. The topological polar surface area (TPSA) is 96.9 Å². The third-order valence-electron chi connectivity index (χ3n) is 3.13. The third-order valence-corrected chi connectivity index (χ3v) is 3.85. The van der Waals surface area contributed by atoms with Crippen molar-refractivity contribution in [3.8, 4) is 6.07 Å². The number of benzene rings is 1. The normalized spacial score (nSPS) is 10.1. The van der Waals surface area contributed by atoms with Crippen LogP contribution in [0.4, 0.5) is 5.69 Å². The van der Waals surface area contributed by atoms with Gasteiger partial charge in [0.25, 0.3) is 5.56 Å². The fourth-order valence-corrected chi connectivity index (χ4v) is 2.33. The van der Waals surface area contributed by atoms with Crippen molar-refractivity contribution in [2.24, 2.45) is 0 Å². The number of aromatic nitrogens is 2. The number of halogens is 1. The summed E-state index contributed by atoms with van der Waals surface area (Å²) in [5.74, 6) is -0.511. The highest BCUT2D eigenvalue weighted by atomic mass is 127. The fraction of sp³-hybridized carbons (Fsp3) is 0.200. The number of aryl methyl sites for hydroxylation is 1. The smallest absolute Gasteiger partial charge is 0.325 e. The minimum absolute atomic E-state index is 0.173. The summed E-state index contributed by atoms with van der Waals surface area (Å²) >= 11 is 2.14. The summed E-state index contributed by atoms with van der Waals surface area (Å²) in [7, 11) is 0. The molecule has 1 aromatic heterocycles. The Kier molecular flexibility index (Phi) is 5.33. The maximum atomic E-state index is 12.2. The molecule has 8 heteroatoms. The van der Waals surface area contributed by atoms with E-state index in [-0.39, 0.29) is 5.56 Å². The highest BCUT2D eigenvalue weighted by Crippen LogP contribution is 2.10. The minimum Gasteiger partial charge on any atom is -0.325 e. The molecule has 0 fully saturated rings. The molecule has 0 aliphatic carbocycles. The van der Waals surface area contributed by atoms with Crippen LogP contribution in [-0.2, 0) is 17.9 Å². The molecule has 0 aliphatic heterocycles. The first-order valence-corrected chi connectivity index (χ1v) is 7.84. The lowest BCUT2D eigenvalue weighted by atomic mass is 10.3. The highest BCUT2D eigenvalue weighted by molar-refractivity contribution is 14.1. The van der Waals surface area contributed by atoms with Gasteiger partial charge in [0.05, 0.1) is 0 Å². The summed E-state index contributed by atoms with van der Waals surface area (Å²) in [4.78, 5) is 36.3. The summed E-state index contributed by atoms with van der Waals surface area (Å²) in [6.45, 7) is 1.56. The van der Waals surface area contributed by atoms with E-state index in [2.05, 4.69) is 27.9 Å². The van der Waals surface area contributed by atoms with E-state index in [1.165, 1.54) is 10.8 Å². The lowest BCUT2D eigenvalue weighted by Gasteiger charge is -2.10. The van der Waals surface area contributed by atoms with Crippen LogP contribution in [0.2, 0.25) is 0 Å². The SMILES string of the molecule is CCn1cc(C#N)c(=O)n(CC(=O)Nc2ccc(I)cc2)c1=O. The van der Waals surface area contributed by atoms with Crippen molar-refractivity contribution < 1.29 is 4.79 Å². The van der Waals surface area contributed by atoms with Crippen LogP contribution < -0.4 is 16.6 Å². The second-order valence-corrected chi connectivity index (χ2v) is 5.92. The fourth-order valence-electron chi connectivity index (χ4n) is 1.97. The van der Waals surface area contributed by atoms with Gasteiger partial charge < -0.3 is 5.32 Å². The Bertz CT molecular complexity index is 891. The molecule has 1 N–H and O–H groups in total. The monoisotopic (exact) mass is 424 g/mol. The maximum Gasteiger partial charge on any atom is 0.331 e. The molecule has 0 atom stereocenters. The summed E-state index contributed by atoms with van der Waals surface area (Å²) in [5, 5.41) is 11.6. The molecule has 23 heavy (non-hydrogen) atoms. The van der Waals surface area contributed by atoms with Gasteiger partial charge in [-0.2, -0.15) is 5.26 Å². The summed E-state index contributed by atoms with van der Waals surface area (Å²) in [6.07, 6.45) is 1.21. The van der Waals surface area contributed by atoms with E-state index in [9.17, 15) is 14.4 Å². The van der Waals surface area contributed by atoms with Gasteiger partial charge in [0.15, 0.2) is 0 Å². The van der Waals surface area contributed by atoms with Gasteiger partial charge in [0.1, 0.15) is 18.2 Å². The molecule has 2 rings (SSSR count). The van der Waals surface area contributed by atoms with Crippen LogP contribution in [0.5, 0.6) is 0 Å². The van der Waals surface area contributed by atoms with Crippen LogP contribution in [0.15, 0.2) is 40.1 Å². The van der Waals surface area contributed by atoms with E-state index in [1.807, 2.05) is 12.1 Å². The van der Waals surface area contributed by atoms with Crippen LogP contribution in [0.25, 0.3) is 0 Å². The van der Waals surface area contributed by atoms with E-state index in [0.717, 1.165) is 8.14 Å². The number of carbonyl (C=O) groups excluding carboxylic acids is 1. The van der Waals surface area contributed by atoms with E-state index in [4.69, 9.17) is 5.26 Å². The summed E-state index contributed by atoms with van der Waals surface area (Å²) in [6, 6.07) is 8.83. The number of nitriles is 1. The number of hydrogen-bond donors (Lipinski definition) is 1. The Hall–Kier alpha value is -2.41. The summed E-state index contributed by atoms with van der Waals surface area (Å²) < 4.78 is 3.01. The van der Waals surface area contributed by atoms with E-state index < -0.39 is 23.7 Å². The Morgan fingerprint density at radius 3 is 2.52 bits per heavy atom. The Morgan fingerprint density at radius 2 is 1.96 bits per heavy atom. The first kappa shape index (κ1) is 17.0. The zero-order valence-corrected chi connectivity index (χ0v) is 14.4. The average Bonchev–Trinajstić information content (AvgIpc) is 2.54. The second kappa shape index (κ2) is 7.23. The molecule has 1 heterocycles. The number of hydrogen-bond acceptors (Lipinski definition) is 4. The highest BCUT2D eigenvalue weighted by Gasteiger charge is 2.13. The lowest BCUT2D eigenvalue weighted by Crippen LogP contribution is -2.43. The lowest BCUT2D eigenvalue weighted by molar-refractivity contribution is -0.116. The molecule has 0 spiro atoms. The predicted molar refractivity (Wildman–Crippen MR) is 93.1 cm³/mol. The quantitative estimate of drug-likeness (QED) is 0.745. The van der Waals surface area contributed by atoms with Crippen molar-refractivity contribution in [1.29, 1.82) is 5.26 Å². The minimum atomic E-state index is -0.764. The van der Waals surface area contributed by atoms with Gasteiger partial charge in [-0.25, -0.2) is 9.36 Å². The largest absolute Gasteiger partial charge is 0.331 e. The van der Waals surface area contributed by atoms with E-state index in [1.54, 1.807) is 25.1 Å². The number of rotatable bonds is 4. The molecular formula is C15H13IN4O3. The molecule has 0 saturated carbocycles. The number of anilines is 1. The van der Waals surface area contributed by atoms with Gasteiger partial charge in [-0.05, 0) is 53.8 Å². The Balaban J connectivity index is 2.31. The standard InChI is InChI=1S/C15H13IN4O3/c1-2-19-8-10(7-17)14(22)20(15(19)23)9-13(21)18-12-5-3-11(16)4-6-12/h3-6,8H,2,9H2,1H3,(H,18,21). The molecule has 1 amide bonds. The zero-order chi connectivity index (χ0) is 17.0. The van der Waals surface area contributed by atoms with Gasteiger partial charge in [-0.3, -0.25) is 14.2 Å². The van der Waals surface area contributed by atoms with Crippen molar-refractivity contribution >= 4 is 34.2 Å². The molecule has 7 nitrogen and oxygen atoms in total. The van der Waals surface area contributed by atoms with Gasteiger partial charge in [0, 0.05) is 22.0 Å². The first-order chi connectivity index (χ1) is 11.0. The van der Waals surface area contributed by atoms with E-state index in [0.29, 0.717) is 12.2 Å². The van der Waals surface area contributed by atoms with Crippen molar-refractivity contribution in [3.05, 3.63) is 60.4 Å². The van der Waals surface area contributed by atoms with Crippen molar-refractivity contribution in [2.75, 3.05) is 5.32 Å². The van der Waals surface area contributed by atoms with E-state index >= 15 is 0 Å². The summed E-state index contributed by atoms with van der Waals surface area (Å²) in [5.41, 5.74) is -0.988. The Morgan fingerprint density at radius 1 is 1.30 bits per heavy atom. The molecule has 118 valence electrons. The van der Waals surface area contributed by atoms with Gasteiger partial charge in [-0.15, -0.1) is 0 Å². The van der Waals surface area contributed by atoms with Crippen LogP contribution in [0, 0.1) is 14.9 Å². The first-order valence-electron chi connectivity index (χ1n) is 6.76. The number of nitrogens with one attached hydrogen (secondary N) is 1. The average molecular weight is 424 g/mol. The predicted octanol–water partition coefficient (Wildman–Crippen LogP) is 1.14. The van der Waals surface area contributed by atoms with Gasteiger partial charge >= 0.3 is 5.69 Å². The molecular weight excluding hydrogens is 411 g/mol. The van der Waals surface area contributed by atoms with Crippen LogP contribution in [0.3, 0.4) is 0 Å². The molecule has 1 aromatic carbocycles. The van der Waals surface area contributed by atoms with Gasteiger partial charge in [-0.1, -0.05) is 0 Å². The van der Waals surface area contributed by atoms with Crippen LogP contribution in [-0.4, -0.2) is 15.0 Å². The van der Waals surface area contributed by atoms with Crippen molar-refractivity contribution in [3.63, 3.8) is 0 Å². The number of amides is 1. The molecule has 0 unspecified atom stereocenters.